The number of hydrogen-bond acceptors (Lipinski definition) is 2. The maximum absolute atomic E-state index is 11.5. The zero-order chi connectivity index (χ0) is 12.1. The number of benzene rings is 1. The Morgan fingerprint density at radius 2 is 2.12 bits per heavy atom. The molecule has 86 valence electrons. The smallest absolute Gasteiger partial charge is 0.237 e. The second kappa shape index (κ2) is 5.31. The number of carbonyl (C=O) groups excluding carboxylic acids is 1. The first-order valence-corrected chi connectivity index (χ1v) is 5.70. The van der Waals surface area contributed by atoms with Crippen molar-refractivity contribution in [2.24, 2.45) is 0 Å². The Balaban J connectivity index is 2.03. The van der Waals surface area contributed by atoms with Crippen LogP contribution in [-0.2, 0) is 4.79 Å². The van der Waals surface area contributed by atoms with Gasteiger partial charge in [-0.15, -0.1) is 0 Å². The van der Waals surface area contributed by atoms with Crippen LogP contribution in [0.4, 0.5) is 0 Å². The molecule has 1 aromatic carbocycles. The molecule has 0 saturated carbocycles. The third kappa shape index (κ3) is 2.73. The molecule has 1 aliphatic heterocycles. The largest absolute Gasteiger partial charge is 0.338 e. The first-order chi connectivity index (χ1) is 8.31. The molecule has 17 heavy (non-hydrogen) atoms. The number of hydrogen-bond donors (Lipinski definition) is 0. The molecule has 0 atom stereocenters. The summed E-state index contributed by atoms with van der Waals surface area (Å²) >= 11 is 0. The number of nitrogens with zero attached hydrogens (tertiary/aromatic N) is 2. The van der Waals surface area contributed by atoms with Gasteiger partial charge in [0, 0.05) is 13.1 Å². The number of carbonyl (C=O) groups is 1. The van der Waals surface area contributed by atoms with Crippen molar-refractivity contribution in [3.63, 3.8) is 0 Å². The Kier molecular flexibility index (Phi) is 3.56. The minimum Gasteiger partial charge on any atom is -0.338 e. The lowest BCUT2D eigenvalue weighted by Gasteiger charge is -2.25. The molecule has 3 nitrogen and oxygen atoms in total. The molecule has 0 spiro atoms. The average Bonchev–Trinajstić information content (AvgIpc) is 2.40. The van der Waals surface area contributed by atoms with Gasteiger partial charge in [0.2, 0.25) is 5.91 Å². The van der Waals surface area contributed by atoms with E-state index in [2.05, 4.69) is 18.2 Å². The summed E-state index contributed by atoms with van der Waals surface area (Å²) in [4.78, 5) is 13.2. The van der Waals surface area contributed by atoms with Crippen molar-refractivity contribution in [3.8, 4) is 6.07 Å². The number of nitriles is 1. The number of rotatable bonds is 2. The van der Waals surface area contributed by atoms with E-state index in [-0.39, 0.29) is 12.3 Å². The van der Waals surface area contributed by atoms with Crippen LogP contribution in [0.15, 0.2) is 36.4 Å². The second-order valence-electron chi connectivity index (χ2n) is 4.02. The van der Waals surface area contributed by atoms with Gasteiger partial charge in [-0.05, 0) is 17.6 Å². The lowest BCUT2D eigenvalue weighted by Crippen LogP contribution is -2.34. The maximum atomic E-state index is 11.5. The Labute approximate surface area is 101 Å². The summed E-state index contributed by atoms with van der Waals surface area (Å²) < 4.78 is 0. The van der Waals surface area contributed by atoms with E-state index in [4.69, 9.17) is 5.26 Å². The fraction of sp³-hybridized carbons (Fsp3) is 0.286. The highest BCUT2D eigenvalue weighted by Crippen LogP contribution is 2.22. The minimum absolute atomic E-state index is 0.0193. The van der Waals surface area contributed by atoms with Crippen LogP contribution < -0.4 is 0 Å². The molecule has 0 radical (unpaired) electrons. The average molecular weight is 226 g/mol. The first-order valence-electron chi connectivity index (χ1n) is 5.70. The van der Waals surface area contributed by atoms with Crippen molar-refractivity contribution >= 4 is 11.5 Å². The van der Waals surface area contributed by atoms with Crippen molar-refractivity contribution in [1.82, 2.24) is 4.90 Å². The molecule has 0 N–H and O–H groups in total. The predicted molar refractivity (Wildman–Crippen MR) is 65.8 cm³/mol. The van der Waals surface area contributed by atoms with Crippen LogP contribution in [0, 0.1) is 11.3 Å². The molecular weight excluding hydrogens is 212 g/mol. The van der Waals surface area contributed by atoms with E-state index in [1.54, 1.807) is 4.90 Å². The molecule has 0 bridgehead atoms. The quantitative estimate of drug-likeness (QED) is 0.776. The molecule has 1 heterocycles. The summed E-state index contributed by atoms with van der Waals surface area (Å²) in [5.41, 5.74) is 2.51. The topological polar surface area (TPSA) is 44.1 Å². The highest BCUT2D eigenvalue weighted by atomic mass is 16.2. The molecule has 1 aromatic rings. The van der Waals surface area contributed by atoms with E-state index in [1.165, 1.54) is 11.1 Å². The zero-order valence-corrected chi connectivity index (χ0v) is 9.60. The lowest BCUT2D eigenvalue weighted by molar-refractivity contribution is -0.129. The van der Waals surface area contributed by atoms with Gasteiger partial charge in [0.1, 0.15) is 6.42 Å². The Hall–Kier alpha value is -2.08. The van der Waals surface area contributed by atoms with E-state index < -0.39 is 0 Å². The van der Waals surface area contributed by atoms with Crippen LogP contribution in [0.5, 0.6) is 0 Å². The van der Waals surface area contributed by atoms with Crippen LogP contribution in [-0.4, -0.2) is 23.9 Å². The maximum Gasteiger partial charge on any atom is 0.237 e. The molecule has 0 fully saturated rings. The third-order valence-electron chi connectivity index (χ3n) is 2.94. The summed E-state index contributed by atoms with van der Waals surface area (Å²) in [6, 6.07) is 12.1. The molecule has 3 heteroatoms. The minimum atomic E-state index is -0.0733. The summed E-state index contributed by atoms with van der Waals surface area (Å²) in [7, 11) is 0. The molecule has 0 unspecified atom stereocenters. The standard InChI is InChI=1S/C14H14N2O/c15-9-6-14(17)16-10-7-13(8-11-16)12-4-2-1-3-5-12/h1-5,7H,6,8,10-11H2. The summed E-state index contributed by atoms with van der Waals surface area (Å²) in [6.45, 7) is 1.33. The summed E-state index contributed by atoms with van der Waals surface area (Å²) in [6.07, 6.45) is 2.92. The van der Waals surface area contributed by atoms with E-state index in [0.717, 1.165) is 6.42 Å². The van der Waals surface area contributed by atoms with Gasteiger partial charge < -0.3 is 4.90 Å². The molecule has 1 amide bonds. The fourth-order valence-electron chi connectivity index (χ4n) is 1.99. The van der Waals surface area contributed by atoms with Gasteiger partial charge in [-0.3, -0.25) is 4.79 Å². The van der Waals surface area contributed by atoms with Gasteiger partial charge in [0.05, 0.1) is 6.07 Å². The number of amides is 1. The third-order valence-corrected chi connectivity index (χ3v) is 2.94. The summed E-state index contributed by atoms with van der Waals surface area (Å²) in [5.74, 6) is -0.0733. The Morgan fingerprint density at radius 1 is 1.35 bits per heavy atom. The van der Waals surface area contributed by atoms with Crippen LogP contribution in [0.3, 0.4) is 0 Å². The van der Waals surface area contributed by atoms with Gasteiger partial charge in [-0.1, -0.05) is 36.4 Å². The van der Waals surface area contributed by atoms with Crippen molar-refractivity contribution in [3.05, 3.63) is 42.0 Å². The Morgan fingerprint density at radius 3 is 2.71 bits per heavy atom. The predicted octanol–water partition coefficient (Wildman–Crippen LogP) is 2.22. The van der Waals surface area contributed by atoms with E-state index >= 15 is 0 Å². The second-order valence-corrected chi connectivity index (χ2v) is 4.02. The molecule has 2 rings (SSSR count). The SMILES string of the molecule is N#CCC(=O)N1CC=C(c2ccccc2)CC1. The first kappa shape index (κ1) is 11.4. The molecule has 1 aliphatic rings. The van der Waals surface area contributed by atoms with E-state index in [0.29, 0.717) is 13.1 Å². The molecule has 0 aliphatic carbocycles. The molecule has 0 aromatic heterocycles. The van der Waals surface area contributed by atoms with Crippen LogP contribution in [0.1, 0.15) is 18.4 Å². The van der Waals surface area contributed by atoms with E-state index in [9.17, 15) is 4.79 Å². The highest BCUT2D eigenvalue weighted by Gasteiger charge is 2.16. The van der Waals surface area contributed by atoms with Crippen LogP contribution >= 0.6 is 0 Å². The van der Waals surface area contributed by atoms with Gasteiger partial charge in [0.25, 0.3) is 0 Å². The van der Waals surface area contributed by atoms with Crippen molar-refractivity contribution in [1.29, 1.82) is 5.26 Å². The van der Waals surface area contributed by atoms with Gasteiger partial charge in [-0.25, -0.2) is 0 Å². The lowest BCUT2D eigenvalue weighted by atomic mass is 9.99. The van der Waals surface area contributed by atoms with Crippen LogP contribution in [0.2, 0.25) is 0 Å². The normalized spacial score (nSPS) is 15.0. The van der Waals surface area contributed by atoms with Gasteiger partial charge in [0.15, 0.2) is 0 Å². The zero-order valence-electron chi connectivity index (χ0n) is 9.60. The van der Waals surface area contributed by atoms with Gasteiger partial charge >= 0.3 is 0 Å². The molecule has 0 saturated heterocycles. The fourth-order valence-corrected chi connectivity index (χ4v) is 1.99. The van der Waals surface area contributed by atoms with Crippen LogP contribution in [0.25, 0.3) is 5.57 Å². The van der Waals surface area contributed by atoms with Gasteiger partial charge in [-0.2, -0.15) is 5.26 Å². The Bertz CT molecular complexity index is 471. The molecular formula is C14H14N2O. The van der Waals surface area contributed by atoms with Crippen molar-refractivity contribution < 1.29 is 4.79 Å². The highest BCUT2D eigenvalue weighted by molar-refractivity contribution is 5.80. The monoisotopic (exact) mass is 226 g/mol. The van der Waals surface area contributed by atoms with Crippen molar-refractivity contribution in [2.45, 2.75) is 12.8 Å². The summed E-state index contributed by atoms with van der Waals surface area (Å²) in [5, 5.41) is 8.48. The van der Waals surface area contributed by atoms with Crippen molar-refractivity contribution in [2.75, 3.05) is 13.1 Å². The van der Waals surface area contributed by atoms with E-state index in [1.807, 2.05) is 24.3 Å².